The van der Waals surface area contributed by atoms with Crippen LogP contribution in [0, 0.1) is 6.92 Å². The van der Waals surface area contributed by atoms with Crippen LogP contribution in [0.1, 0.15) is 20.9 Å². The number of amides is 1. The normalized spacial score (nSPS) is 20.4. The van der Waals surface area contributed by atoms with Crippen molar-refractivity contribution in [2.75, 3.05) is 50.6 Å². The highest BCUT2D eigenvalue weighted by molar-refractivity contribution is 7.21. The minimum absolute atomic E-state index is 0.115. The summed E-state index contributed by atoms with van der Waals surface area (Å²) >= 11 is 1.33. The molecule has 0 radical (unpaired) electrons. The van der Waals surface area contributed by atoms with Crippen molar-refractivity contribution in [1.29, 1.82) is 0 Å². The van der Waals surface area contributed by atoms with Gasteiger partial charge < -0.3 is 30.7 Å². The van der Waals surface area contributed by atoms with E-state index >= 15 is 0 Å². The lowest BCUT2D eigenvalue weighted by Gasteiger charge is -2.38. The van der Waals surface area contributed by atoms with Gasteiger partial charge in [-0.3, -0.25) is 4.79 Å². The summed E-state index contributed by atoms with van der Waals surface area (Å²) in [7, 11) is 1.74. The number of nitrogens with two attached hydrogens (primary N) is 1. The van der Waals surface area contributed by atoms with Gasteiger partial charge in [-0.2, -0.15) is 0 Å². The van der Waals surface area contributed by atoms with Crippen LogP contribution in [0.2, 0.25) is 0 Å². The van der Waals surface area contributed by atoms with Gasteiger partial charge in [-0.15, -0.1) is 11.3 Å². The van der Waals surface area contributed by atoms with Crippen molar-refractivity contribution in [3.8, 4) is 5.75 Å². The number of anilines is 2. The molecule has 2 aliphatic heterocycles. The summed E-state index contributed by atoms with van der Waals surface area (Å²) in [6.07, 6.45) is 0.715. The van der Waals surface area contributed by atoms with E-state index in [0.717, 1.165) is 52.5 Å². The van der Waals surface area contributed by atoms with Crippen molar-refractivity contribution >= 4 is 38.8 Å². The number of aryl methyl sites for hydroxylation is 1. The highest BCUT2D eigenvalue weighted by Crippen LogP contribution is 2.34. The van der Waals surface area contributed by atoms with Crippen LogP contribution in [0.4, 0.5) is 11.4 Å². The lowest BCUT2D eigenvalue weighted by Crippen LogP contribution is -2.53. The molecule has 5 rings (SSSR count). The lowest BCUT2D eigenvalue weighted by molar-refractivity contribution is 0.0920. The first-order valence-corrected chi connectivity index (χ1v) is 12.0. The number of carbonyl (C=O) groups is 1. The Hall–Kier alpha value is -2.88. The fourth-order valence-corrected chi connectivity index (χ4v) is 5.63. The third-order valence-corrected chi connectivity index (χ3v) is 7.39. The number of aromatic nitrogens is 1. The highest BCUT2D eigenvalue weighted by atomic mass is 32.1. The zero-order chi connectivity index (χ0) is 22.9. The van der Waals surface area contributed by atoms with Crippen LogP contribution in [0.25, 0.3) is 10.2 Å². The molecule has 0 aliphatic carbocycles. The Balaban J connectivity index is 1.29. The van der Waals surface area contributed by atoms with Gasteiger partial charge in [0, 0.05) is 49.6 Å². The number of nitrogens with zero attached hydrogens (tertiary/aromatic N) is 2. The summed E-state index contributed by atoms with van der Waals surface area (Å²) in [5.41, 5.74) is 9.88. The number of fused-ring (bicyclic) bond motifs is 2. The Labute approximate surface area is 197 Å². The number of methoxy groups -OCH3 is 1. The van der Waals surface area contributed by atoms with E-state index in [1.165, 1.54) is 11.3 Å². The van der Waals surface area contributed by atoms with Crippen LogP contribution in [0.5, 0.6) is 5.75 Å². The second-order valence-electron chi connectivity index (χ2n) is 8.63. The van der Waals surface area contributed by atoms with Crippen molar-refractivity contribution in [2.24, 2.45) is 0 Å². The standard InChI is InChI=1S/C24H29N5O3S/c1-14-3-6-19-21(25)22(33-24(19)27-14)23(30)28-16-9-15-4-5-17(10-20(15)32-12-16)29-8-7-26-11-18(29)13-31-2/h3-6,10,16,18,26H,7-9,11-13,25H2,1-2H3,(H,28,30)/t16-,18+/m1/s1. The molecule has 2 atom stereocenters. The summed E-state index contributed by atoms with van der Waals surface area (Å²) < 4.78 is 11.5. The number of hydrogen-bond donors (Lipinski definition) is 3. The molecule has 3 aromatic rings. The summed E-state index contributed by atoms with van der Waals surface area (Å²) in [4.78, 5) is 21.1. The average Bonchev–Trinajstić information content (AvgIpc) is 3.15. The average molecular weight is 468 g/mol. The SMILES string of the molecule is COC[C@@H]1CNCCN1c1ccc2c(c1)OC[C@H](NC(=O)c1sc3nc(C)ccc3c1N)C2. The molecule has 0 bridgehead atoms. The maximum absolute atomic E-state index is 13.0. The molecule has 8 nitrogen and oxygen atoms in total. The van der Waals surface area contributed by atoms with Gasteiger partial charge in [0.15, 0.2) is 0 Å². The molecule has 4 heterocycles. The van der Waals surface area contributed by atoms with Crippen LogP contribution in [-0.2, 0) is 11.2 Å². The lowest BCUT2D eigenvalue weighted by atomic mass is 10.0. The number of piperazine rings is 1. The minimum atomic E-state index is -0.176. The van der Waals surface area contributed by atoms with E-state index in [9.17, 15) is 4.79 Å². The number of thiophene rings is 1. The van der Waals surface area contributed by atoms with Gasteiger partial charge in [0.25, 0.3) is 5.91 Å². The molecule has 2 aliphatic rings. The Kier molecular flexibility index (Phi) is 6.09. The van der Waals surface area contributed by atoms with Crippen LogP contribution in [-0.4, -0.2) is 62.9 Å². The molecule has 1 amide bonds. The first-order valence-electron chi connectivity index (χ1n) is 11.2. The molecule has 0 saturated carbocycles. The van der Waals surface area contributed by atoms with E-state index in [2.05, 4.69) is 38.7 Å². The molecule has 9 heteroatoms. The number of hydrogen-bond acceptors (Lipinski definition) is 8. The first-order chi connectivity index (χ1) is 16.0. The summed E-state index contributed by atoms with van der Waals surface area (Å²) in [6, 6.07) is 10.4. The van der Waals surface area contributed by atoms with E-state index in [0.29, 0.717) is 36.2 Å². The molecule has 0 spiro atoms. The van der Waals surface area contributed by atoms with Crippen molar-refractivity contribution in [3.05, 3.63) is 46.5 Å². The van der Waals surface area contributed by atoms with Crippen molar-refractivity contribution in [2.45, 2.75) is 25.4 Å². The number of carbonyl (C=O) groups excluding carboxylic acids is 1. The van der Waals surface area contributed by atoms with Crippen molar-refractivity contribution < 1.29 is 14.3 Å². The Bertz CT molecular complexity index is 1180. The largest absolute Gasteiger partial charge is 0.491 e. The van der Waals surface area contributed by atoms with E-state index < -0.39 is 0 Å². The Morgan fingerprint density at radius 2 is 2.27 bits per heavy atom. The fraction of sp³-hybridized carbons (Fsp3) is 0.417. The number of pyridine rings is 1. The number of benzene rings is 1. The third kappa shape index (κ3) is 4.36. The maximum atomic E-state index is 13.0. The number of nitrogen functional groups attached to an aromatic ring is 1. The second-order valence-corrected chi connectivity index (χ2v) is 9.63. The van der Waals surface area contributed by atoms with Gasteiger partial charge in [0.2, 0.25) is 0 Å². The molecule has 1 aromatic carbocycles. The van der Waals surface area contributed by atoms with Crippen LogP contribution in [0.3, 0.4) is 0 Å². The molecule has 4 N–H and O–H groups in total. The summed E-state index contributed by atoms with van der Waals surface area (Å²) in [5.74, 6) is 0.707. The van der Waals surface area contributed by atoms with Gasteiger partial charge in [0.05, 0.1) is 24.4 Å². The number of rotatable bonds is 5. The van der Waals surface area contributed by atoms with E-state index in [4.69, 9.17) is 15.2 Å². The quantitative estimate of drug-likeness (QED) is 0.529. The minimum Gasteiger partial charge on any atom is -0.491 e. The van der Waals surface area contributed by atoms with Crippen LogP contribution < -0.4 is 26.0 Å². The number of ether oxygens (including phenoxy) is 2. The zero-order valence-electron chi connectivity index (χ0n) is 18.9. The van der Waals surface area contributed by atoms with Gasteiger partial charge in [-0.1, -0.05) is 6.07 Å². The predicted molar refractivity (Wildman–Crippen MR) is 132 cm³/mol. The van der Waals surface area contributed by atoms with Gasteiger partial charge in [-0.25, -0.2) is 4.98 Å². The fourth-order valence-electron chi connectivity index (χ4n) is 4.58. The smallest absolute Gasteiger partial charge is 0.263 e. The topological polar surface area (TPSA) is 102 Å². The number of nitrogens with one attached hydrogen (secondary N) is 2. The molecule has 0 unspecified atom stereocenters. The van der Waals surface area contributed by atoms with Gasteiger partial charge in [0.1, 0.15) is 22.1 Å². The second kappa shape index (κ2) is 9.17. The molecule has 1 saturated heterocycles. The molecule has 1 fully saturated rings. The Morgan fingerprint density at radius 1 is 1.39 bits per heavy atom. The molecular formula is C24H29N5O3S. The zero-order valence-corrected chi connectivity index (χ0v) is 19.7. The van der Waals surface area contributed by atoms with E-state index in [-0.39, 0.29) is 11.9 Å². The maximum Gasteiger partial charge on any atom is 0.263 e. The third-order valence-electron chi connectivity index (χ3n) is 6.27. The van der Waals surface area contributed by atoms with Crippen LogP contribution in [0.15, 0.2) is 30.3 Å². The first kappa shape index (κ1) is 21.9. The summed E-state index contributed by atoms with van der Waals surface area (Å²) in [5, 5.41) is 7.35. The van der Waals surface area contributed by atoms with Crippen molar-refractivity contribution in [1.82, 2.24) is 15.6 Å². The molecule has 2 aromatic heterocycles. The van der Waals surface area contributed by atoms with E-state index in [1.54, 1.807) is 7.11 Å². The molecular weight excluding hydrogens is 438 g/mol. The molecule has 174 valence electrons. The summed E-state index contributed by atoms with van der Waals surface area (Å²) in [6.45, 7) is 5.80. The van der Waals surface area contributed by atoms with Gasteiger partial charge in [-0.05, 0) is 37.1 Å². The predicted octanol–water partition coefficient (Wildman–Crippen LogP) is 2.35. The molecule has 33 heavy (non-hydrogen) atoms. The Morgan fingerprint density at radius 3 is 3.12 bits per heavy atom. The van der Waals surface area contributed by atoms with Crippen molar-refractivity contribution in [3.63, 3.8) is 0 Å². The monoisotopic (exact) mass is 467 g/mol. The van der Waals surface area contributed by atoms with Crippen LogP contribution >= 0.6 is 11.3 Å². The highest BCUT2D eigenvalue weighted by Gasteiger charge is 2.27. The van der Waals surface area contributed by atoms with Gasteiger partial charge >= 0.3 is 0 Å². The van der Waals surface area contributed by atoms with E-state index in [1.807, 2.05) is 19.1 Å².